The summed E-state index contributed by atoms with van der Waals surface area (Å²) in [4.78, 5) is 4.88. The molecule has 11 heteroatoms. The Morgan fingerprint density at radius 2 is 2.10 bits per heavy atom. The molecular weight excluding hydrogens is 470 g/mol. The van der Waals surface area contributed by atoms with E-state index in [1.165, 1.54) is 11.0 Å². The highest BCUT2D eigenvalue weighted by molar-refractivity contribution is 9.10. The van der Waals surface area contributed by atoms with E-state index >= 15 is 0 Å². The van der Waals surface area contributed by atoms with Gasteiger partial charge in [0.15, 0.2) is 11.6 Å². The van der Waals surface area contributed by atoms with Crippen LogP contribution in [0.25, 0.3) is 0 Å². The van der Waals surface area contributed by atoms with E-state index in [-0.39, 0.29) is 23.9 Å². The van der Waals surface area contributed by atoms with Crippen molar-refractivity contribution in [2.45, 2.75) is 31.2 Å². The van der Waals surface area contributed by atoms with E-state index < -0.39 is 48.0 Å². The van der Waals surface area contributed by atoms with Gasteiger partial charge in [-0.05, 0) is 52.0 Å². The second-order valence-corrected chi connectivity index (χ2v) is 7.48. The molecule has 0 saturated carbocycles. The molecule has 156 valence electrons. The minimum atomic E-state index is -4.83. The second-order valence-electron chi connectivity index (χ2n) is 6.63. The fourth-order valence-electron chi connectivity index (χ4n) is 3.77. The van der Waals surface area contributed by atoms with Gasteiger partial charge in [-0.1, -0.05) is 6.07 Å². The molecule has 0 amide bonds. The molecule has 0 radical (unpaired) electrons. The molecule has 2 atom stereocenters. The predicted molar refractivity (Wildman–Crippen MR) is 93.3 cm³/mol. The van der Waals surface area contributed by atoms with Crippen molar-refractivity contribution >= 4 is 21.7 Å². The Morgan fingerprint density at radius 3 is 2.79 bits per heavy atom. The van der Waals surface area contributed by atoms with Crippen LogP contribution in [0, 0.1) is 5.82 Å². The number of ether oxygens (including phenoxy) is 2. The van der Waals surface area contributed by atoms with Gasteiger partial charge in [-0.15, -0.1) is 0 Å². The maximum absolute atomic E-state index is 14.6. The zero-order chi connectivity index (χ0) is 21.8. The number of benzene rings is 1. The summed E-state index contributed by atoms with van der Waals surface area (Å²) in [6, 6.07) is 3.49. The minimum Gasteiger partial charge on any atom is -0.431 e. The molecule has 1 aliphatic heterocycles. The van der Waals surface area contributed by atoms with Gasteiger partial charge in [0.2, 0.25) is 0 Å². The average Bonchev–Trinajstić information content (AvgIpc) is 3.19. The van der Waals surface area contributed by atoms with Crippen LogP contribution in [0.5, 0.6) is 5.75 Å². The normalized spacial score (nSPS) is 24.3. The highest BCUT2D eigenvalue weighted by Gasteiger charge is 2.50. The molecule has 2 aliphatic rings. The van der Waals surface area contributed by atoms with E-state index in [2.05, 4.69) is 25.7 Å². The molecule has 4 rings (SSSR count). The summed E-state index contributed by atoms with van der Waals surface area (Å²) in [6.07, 6.45) is -3.84. The molecule has 1 aromatic heterocycles. The minimum absolute atomic E-state index is 0.0912. The predicted octanol–water partition coefficient (Wildman–Crippen LogP) is 5.24. The molecule has 4 nitrogen and oxygen atoms in total. The van der Waals surface area contributed by atoms with Crippen molar-refractivity contribution < 1.29 is 37.2 Å². The number of aromatic nitrogens is 1. The molecule has 1 aliphatic carbocycles. The summed E-state index contributed by atoms with van der Waals surface area (Å²) in [7, 11) is 0. The molecular formula is C18H13BrF6N2O2. The van der Waals surface area contributed by atoms with Crippen LogP contribution in [0.1, 0.15) is 24.5 Å². The van der Waals surface area contributed by atoms with Gasteiger partial charge < -0.3 is 14.4 Å². The molecule has 0 N–H and O–H groups in total. The summed E-state index contributed by atoms with van der Waals surface area (Å²) in [5.41, 5.74) is -1.62. The SMILES string of the molecule is [2H][C@@H]1OCC2(CCc3c2ccc(Br)c3F)N1c1ncc(C(F)(F)F)cc1OC(F)F. The summed E-state index contributed by atoms with van der Waals surface area (Å²) >= 11 is 3.10. The van der Waals surface area contributed by atoms with Gasteiger partial charge >= 0.3 is 12.8 Å². The quantitative estimate of drug-likeness (QED) is 0.559. The van der Waals surface area contributed by atoms with E-state index in [1.807, 2.05) is 0 Å². The maximum Gasteiger partial charge on any atom is 0.418 e. The lowest BCUT2D eigenvalue weighted by molar-refractivity contribution is -0.138. The first-order chi connectivity index (χ1) is 14.0. The van der Waals surface area contributed by atoms with E-state index in [0.717, 1.165) is 0 Å². The second kappa shape index (κ2) is 7.05. The number of hydrogen-bond acceptors (Lipinski definition) is 4. The Balaban J connectivity index is 1.87. The average molecular weight is 484 g/mol. The molecule has 1 saturated heterocycles. The molecule has 2 heterocycles. The number of alkyl halides is 5. The van der Waals surface area contributed by atoms with Crippen LogP contribution < -0.4 is 9.64 Å². The molecule has 1 unspecified atom stereocenters. The largest absolute Gasteiger partial charge is 0.431 e. The highest BCUT2D eigenvalue weighted by Crippen LogP contribution is 2.50. The topological polar surface area (TPSA) is 34.6 Å². The lowest BCUT2D eigenvalue weighted by atomic mass is 9.91. The zero-order valence-corrected chi connectivity index (χ0v) is 16.0. The summed E-state index contributed by atoms with van der Waals surface area (Å²) in [5.74, 6) is -1.74. The number of pyridine rings is 1. The van der Waals surface area contributed by atoms with Gasteiger partial charge in [0.05, 0.1) is 23.6 Å². The highest BCUT2D eigenvalue weighted by atomic mass is 79.9. The summed E-state index contributed by atoms with van der Waals surface area (Å²) < 4.78 is 97.8. The van der Waals surface area contributed by atoms with Crippen LogP contribution in [-0.4, -0.2) is 24.9 Å². The summed E-state index contributed by atoms with van der Waals surface area (Å²) in [6.45, 7) is -4.97. The Morgan fingerprint density at radius 1 is 1.34 bits per heavy atom. The molecule has 29 heavy (non-hydrogen) atoms. The third-order valence-electron chi connectivity index (χ3n) is 5.05. The van der Waals surface area contributed by atoms with Gasteiger partial charge in [0.25, 0.3) is 0 Å². The van der Waals surface area contributed by atoms with Gasteiger partial charge in [0.1, 0.15) is 12.5 Å². The Hall–Kier alpha value is -2.01. The van der Waals surface area contributed by atoms with Crippen molar-refractivity contribution in [2.75, 3.05) is 18.2 Å². The number of halogens is 7. The van der Waals surface area contributed by atoms with E-state index in [4.69, 9.17) is 6.11 Å². The first-order valence-electron chi connectivity index (χ1n) is 8.95. The fourth-order valence-corrected chi connectivity index (χ4v) is 4.14. The molecule has 1 fully saturated rings. The number of rotatable bonds is 3. The van der Waals surface area contributed by atoms with Gasteiger partial charge in [-0.2, -0.15) is 22.0 Å². The number of fused-ring (bicyclic) bond motifs is 2. The molecule has 0 bridgehead atoms. The van der Waals surface area contributed by atoms with Crippen molar-refractivity contribution in [3.05, 3.63) is 51.4 Å². The summed E-state index contributed by atoms with van der Waals surface area (Å²) in [5, 5.41) is 0. The monoisotopic (exact) mass is 483 g/mol. The molecule has 1 spiro atoms. The fraction of sp³-hybridized carbons (Fsp3) is 0.389. The first kappa shape index (κ1) is 19.0. The van der Waals surface area contributed by atoms with Crippen molar-refractivity contribution in [3.8, 4) is 5.75 Å². The van der Waals surface area contributed by atoms with Crippen molar-refractivity contribution in [3.63, 3.8) is 0 Å². The zero-order valence-electron chi connectivity index (χ0n) is 15.4. The van der Waals surface area contributed by atoms with Crippen LogP contribution in [0.15, 0.2) is 28.9 Å². The lowest BCUT2D eigenvalue weighted by Gasteiger charge is -2.35. The Kier molecular flexibility index (Phi) is 4.61. The third-order valence-corrected chi connectivity index (χ3v) is 5.67. The Bertz CT molecular complexity index is 992. The van der Waals surface area contributed by atoms with Gasteiger partial charge in [0, 0.05) is 6.20 Å². The number of anilines is 1. The molecule has 1 aromatic carbocycles. The van der Waals surface area contributed by atoms with E-state index in [9.17, 15) is 26.3 Å². The van der Waals surface area contributed by atoms with Gasteiger partial charge in [-0.3, -0.25) is 0 Å². The third kappa shape index (κ3) is 3.33. The van der Waals surface area contributed by atoms with Crippen LogP contribution in [0.4, 0.5) is 32.2 Å². The van der Waals surface area contributed by atoms with Crippen molar-refractivity contribution in [1.82, 2.24) is 4.98 Å². The van der Waals surface area contributed by atoms with Crippen LogP contribution >= 0.6 is 15.9 Å². The molecule has 2 aromatic rings. The number of hydrogen-bond donors (Lipinski definition) is 0. The van der Waals surface area contributed by atoms with E-state index in [0.29, 0.717) is 23.4 Å². The maximum atomic E-state index is 14.6. The van der Waals surface area contributed by atoms with Crippen molar-refractivity contribution in [1.29, 1.82) is 0 Å². The van der Waals surface area contributed by atoms with E-state index in [1.54, 1.807) is 6.07 Å². The first-order valence-corrected chi connectivity index (χ1v) is 9.16. The van der Waals surface area contributed by atoms with Crippen LogP contribution in [0.2, 0.25) is 0 Å². The van der Waals surface area contributed by atoms with Crippen molar-refractivity contribution in [2.24, 2.45) is 0 Å². The standard InChI is InChI=1S/C18H13BrF6N2O2/c19-12-2-1-11-10(14(12)20)3-4-17(11)7-28-8-27(17)15-13(29-16(21)22)5-9(6-26-15)18(23,24)25/h1-2,5-6,16H,3-4,7-8H2/i8D/t8-,17?/m0/s1. The van der Waals surface area contributed by atoms with Gasteiger partial charge in [-0.25, -0.2) is 9.37 Å². The van der Waals surface area contributed by atoms with Crippen LogP contribution in [-0.2, 0) is 22.9 Å². The number of nitrogens with zero attached hydrogens (tertiary/aromatic N) is 2. The Labute approximate surface area is 171 Å². The smallest absolute Gasteiger partial charge is 0.418 e. The lowest BCUT2D eigenvalue weighted by Crippen LogP contribution is -2.42. The van der Waals surface area contributed by atoms with Crippen LogP contribution in [0.3, 0.4) is 0 Å².